The first kappa shape index (κ1) is 22.4. The molecule has 172 valence electrons. The highest BCUT2D eigenvalue weighted by molar-refractivity contribution is 5.95. The van der Waals surface area contributed by atoms with E-state index in [4.69, 9.17) is 9.97 Å². The summed E-state index contributed by atoms with van der Waals surface area (Å²) in [6.07, 6.45) is 7.17. The summed E-state index contributed by atoms with van der Waals surface area (Å²) in [4.78, 5) is 43.1. The lowest BCUT2D eigenvalue weighted by Crippen LogP contribution is -2.38. The molecule has 2 amide bonds. The molecular weight excluding hydrogens is 404 g/mol. The summed E-state index contributed by atoms with van der Waals surface area (Å²) in [6, 6.07) is 0. The zero-order valence-corrected chi connectivity index (χ0v) is 19.7. The summed E-state index contributed by atoms with van der Waals surface area (Å²) in [6.45, 7) is 11.0. The van der Waals surface area contributed by atoms with E-state index < -0.39 is 0 Å². The van der Waals surface area contributed by atoms with E-state index in [9.17, 15) is 9.59 Å². The molecule has 0 N–H and O–H groups in total. The van der Waals surface area contributed by atoms with Crippen molar-refractivity contribution < 1.29 is 9.59 Å². The van der Waals surface area contributed by atoms with Crippen molar-refractivity contribution in [1.29, 1.82) is 0 Å². The first-order valence-electron chi connectivity index (χ1n) is 11.8. The molecule has 0 aliphatic carbocycles. The van der Waals surface area contributed by atoms with Gasteiger partial charge in [0.1, 0.15) is 17.5 Å². The molecule has 2 aliphatic heterocycles. The summed E-state index contributed by atoms with van der Waals surface area (Å²) in [5.74, 6) is 3.44. The Morgan fingerprint density at radius 2 is 2.00 bits per heavy atom. The van der Waals surface area contributed by atoms with Crippen molar-refractivity contribution in [1.82, 2.24) is 24.4 Å². The van der Waals surface area contributed by atoms with Gasteiger partial charge in [-0.15, -0.1) is 0 Å². The summed E-state index contributed by atoms with van der Waals surface area (Å²) in [5, 5.41) is 0. The van der Waals surface area contributed by atoms with Crippen LogP contribution in [0.4, 0.5) is 5.82 Å². The number of likely N-dealkylation sites (tertiary alicyclic amines) is 1. The van der Waals surface area contributed by atoms with E-state index in [-0.39, 0.29) is 17.7 Å². The van der Waals surface area contributed by atoms with Crippen LogP contribution >= 0.6 is 0 Å². The SMILES string of the molecule is Cc1nc(C2CCN(C(=O)CCn3ccnc3C)C2)nc2c1CCC(=O)N2CCC(C)C. The highest BCUT2D eigenvalue weighted by Gasteiger charge is 2.33. The molecule has 0 saturated carbocycles. The molecule has 4 rings (SSSR count). The second-order valence-electron chi connectivity index (χ2n) is 9.44. The van der Waals surface area contributed by atoms with Gasteiger partial charge in [-0.2, -0.15) is 0 Å². The lowest BCUT2D eigenvalue weighted by atomic mass is 10.0. The number of hydrogen-bond acceptors (Lipinski definition) is 5. The molecule has 1 saturated heterocycles. The van der Waals surface area contributed by atoms with Gasteiger partial charge in [0.15, 0.2) is 0 Å². The zero-order chi connectivity index (χ0) is 22.8. The van der Waals surface area contributed by atoms with Gasteiger partial charge in [-0.3, -0.25) is 14.5 Å². The molecule has 0 spiro atoms. The smallest absolute Gasteiger partial charge is 0.228 e. The monoisotopic (exact) mass is 438 g/mol. The third kappa shape index (κ3) is 4.69. The molecule has 4 heterocycles. The van der Waals surface area contributed by atoms with Gasteiger partial charge in [0.2, 0.25) is 11.8 Å². The van der Waals surface area contributed by atoms with Crippen molar-refractivity contribution in [2.24, 2.45) is 5.92 Å². The quantitative estimate of drug-likeness (QED) is 0.663. The van der Waals surface area contributed by atoms with Crippen molar-refractivity contribution in [3.63, 3.8) is 0 Å². The number of anilines is 1. The molecule has 0 bridgehead atoms. The van der Waals surface area contributed by atoms with Crippen LogP contribution in [0.5, 0.6) is 0 Å². The maximum absolute atomic E-state index is 12.8. The van der Waals surface area contributed by atoms with Gasteiger partial charge >= 0.3 is 0 Å². The molecule has 2 aromatic heterocycles. The minimum atomic E-state index is 0.113. The minimum absolute atomic E-state index is 0.113. The van der Waals surface area contributed by atoms with E-state index >= 15 is 0 Å². The maximum atomic E-state index is 12.8. The van der Waals surface area contributed by atoms with Crippen molar-refractivity contribution in [2.45, 2.75) is 72.3 Å². The molecule has 32 heavy (non-hydrogen) atoms. The highest BCUT2D eigenvalue weighted by atomic mass is 16.2. The van der Waals surface area contributed by atoms with Gasteiger partial charge in [-0.05, 0) is 39.0 Å². The maximum Gasteiger partial charge on any atom is 0.228 e. The topological polar surface area (TPSA) is 84.2 Å². The number of amides is 2. The summed E-state index contributed by atoms with van der Waals surface area (Å²) in [7, 11) is 0. The highest BCUT2D eigenvalue weighted by Crippen LogP contribution is 2.32. The number of carbonyl (C=O) groups excluding carboxylic acids is 2. The van der Waals surface area contributed by atoms with Crippen LogP contribution in [-0.2, 0) is 22.6 Å². The number of aryl methyl sites for hydroxylation is 3. The predicted octanol–water partition coefficient (Wildman–Crippen LogP) is 3.02. The van der Waals surface area contributed by atoms with Crippen LogP contribution in [0.1, 0.15) is 68.4 Å². The van der Waals surface area contributed by atoms with Crippen LogP contribution in [0.3, 0.4) is 0 Å². The van der Waals surface area contributed by atoms with E-state index in [1.54, 1.807) is 6.20 Å². The predicted molar refractivity (Wildman–Crippen MR) is 122 cm³/mol. The van der Waals surface area contributed by atoms with E-state index in [0.717, 1.165) is 48.1 Å². The first-order valence-corrected chi connectivity index (χ1v) is 11.8. The number of carbonyl (C=O) groups is 2. The van der Waals surface area contributed by atoms with Crippen molar-refractivity contribution in [3.8, 4) is 0 Å². The standard InChI is InChI=1S/C24H34N6O2/c1-16(2)7-13-30-22(32)6-5-20-17(3)26-23(27-24(20)30)19-8-11-29(15-19)21(31)9-12-28-14-10-25-18(28)4/h10,14,16,19H,5-9,11-13,15H2,1-4H3. The molecule has 8 nitrogen and oxygen atoms in total. The van der Waals surface area contributed by atoms with Gasteiger partial charge in [0, 0.05) is 68.6 Å². The fraction of sp³-hybridized carbons (Fsp3) is 0.625. The molecule has 8 heteroatoms. The summed E-state index contributed by atoms with van der Waals surface area (Å²) < 4.78 is 2.00. The molecular formula is C24H34N6O2. The Kier molecular flexibility index (Phi) is 6.58. The molecule has 1 atom stereocenters. The fourth-order valence-electron chi connectivity index (χ4n) is 4.62. The van der Waals surface area contributed by atoms with Crippen molar-refractivity contribution in [3.05, 3.63) is 35.3 Å². The molecule has 1 unspecified atom stereocenters. The lowest BCUT2D eigenvalue weighted by molar-refractivity contribution is -0.130. The van der Waals surface area contributed by atoms with Crippen LogP contribution < -0.4 is 4.90 Å². The zero-order valence-electron chi connectivity index (χ0n) is 19.7. The third-order valence-corrected chi connectivity index (χ3v) is 6.68. The Labute approximate surface area is 190 Å². The van der Waals surface area contributed by atoms with E-state index in [1.165, 1.54) is 0 Å². The Morgan fingerprint density at radius 3 is 2.72 bits per heavy atom. The van der Waals surface area contributed by atoms with Crippen LogP contribution in [0.25, 0.3) is 0 Å². The first-order chi connectivity index (χ1) is 15.3. The van der Waals surface area contributed by atoms with E-state index in [1.807, 2.05) is 34.4 Å². The molecule has 1 fully saturated rings. The summed E-state index contributed by atoms with van der Waals surface area (Å²) >= 11 is 0. The Morgan fingerprint density at radius 1 is 1.19 bits per heavy atom. The van der Waals surface area contributed by atoms with Gasteiger partial charge in [0.05, 0.1) is 0 Å². The molecule has 0 aromatic carbocycles. The van der Waals surface area contributed by atoms with E-state index in [0.29, 0.717) is 44.8 Å². The average molecular weight is 439 g/mol. The molecule has 2 aromatic rings. The minimum Gasteiger partial charge on any atom is -0.342 e. The Bertz CT molecular complexity index is 998. The van der Waals surface area contributed by atoms with Gasteiger partial charge in [0.25, 0.3) is 0 Å². The summed E-state index contributed by atoms with van der Waals surface area (Å²) in [5.41, 5.74) is 2.06. The number of aromatic nitrogens is 4. The van der Waals surface area contributed by atoms with Gasteiger partial charge in [-0.1, -0.05) is 13.8 Å². The largest absolute Gasteiger partial charge is 0.342 e. The number of hydrogen-bond donors (Lipinski definition) is 0. The van der Waals surface area contributed by atoms with Gasteiger partial charge < -0.3 is 9.47 Å². The van der Waals surface area contributed by atoms with Gasteiger partial charge in [-0.25, -0.2) is 15.0 Å². The normalized spacial score (nSPS) is 18.5. The Hall–Kier alpha value is -2.77. The van der Waals surface area contributed by atoms with E-state index in [2.05, 4.69) is 18.8 Å². The number of nitrogens with zero attached hydrogens (tertiary/aromatic N) is 6. The average Bonchev–Trinajstić information content (AvgIpc) is 3.40. The second-order valence-corrected chi connectivity index (χ2v) is 9.44. The lowest BCUT2D eigenvalue weighted by Gasteiger charge is -2.30. The Balaban J connectivity index is 1.46. The number of fused-ring (bicyclic) bond motifs is 1. The van der Waals surface area contributed by atoms with Crippen LogP contribution in [0.15, 0.2) is 12.4 Å². The van der Waals surface area contributed by atoms with Crippen LogP contribution in [0.2, 0.25) is 0 Å². The second kappa shape index (κ2) is 9.38. The molecule has 2 aliphatic rings. The molecule has 0 radical (unpaired) electrons. The third-order valence-electron chi connectivity index (χ3n) is 6.68. The van der Waals surface area contributed by atoms with Crippen LogP contribution in [0, 0.1) is 19.8 Å². The number of rotatable bonds is 7. The van der Waals surface area contributed by atoms with Crippen molar-refractivity contribution in [2.75, 3.05) is 24.5 Å². The van der Waals surface area contributed by atoms with Crippen LogP contribution in [-0.4, -0.2) is 55.9 Å². The fourth-order valence-corrected chi connectivity index (χ4v) is 4.62. The number of imidazole rings is 1. The van der Waals surface area contributed by atoms with Crippen molar-refractivity contribution >= 4 is 17.6 Å².